The van der Waals surface area contributed by atoms with Crippen molar-refractivity contribution in [3.8, 4) is 0 Å². The highest BCUT2D eigenvalue weighted by Gasteiger charge is 2.29. The molecule has 0 N–H and O–H groups in total. The summed E-state index contributed by atoms with van der Waals surface area (Å²) in [6, 6.07) is 21.7. The number of carbonyl (C=O) groups is 1. The molecule has 38 heavy (non-hydrogen) atoms. The Hall–Kier alpha value is -3.66. The minimum Gasteiger partial charge on any atom is -0.309 e. The van der Waals surface area contributed by atoms with Crippen molar-refractivity contribution in [2.24, 2.45) is 0 Å². The molecule has 8 nitrogen and oxygen atoms in total. The molecule has 1 aromatic heterocycles. The van der Waals surface area contributed by atoms with Crippen LogP contribution >= 0.6 is 0 Å². The topological polar surface area (TPSA) is 86.7 Å². The molecule has 4 aromatic rings. The fourth-order valence-electron chi connectivity index (χ4n) is 4.68. The van der Waals surface area contributed by atoms with Gasteiger partial charge in [-0.3, -0.25) is 9.69 Å². The Morgan fingerprint density at radius 3 is 2.39 bits per heavy atom. The van der Waals surface area contributed by atoms with E-state index in [1.165, 1.54) is 22.0 Å². The van der Waals surface area contributed by atoms with Gasteiger partial charge in [-0.2, -0.15) is 4.31 Å². The van der Waals surface area contributed by atoms with Crippen molar-refractivity contribution in [1.82, 2.24) is 19.2 Å². The SMILES string of the molecule is CN(C)CCCN(C(=O)c1ccc(S(=O)(=O)N2CCc3ccccc3C2)cc1)c1ncc2ccccc2n1. The van der Waals surface area contributed by atoms with Gasteiger partial charge in [0.25, 0.3) is 5.91 Å². The number of carbonyl (C=O) groups excluding carboxylic acids is 1. The van der Waals surface area contributed by atoms with Crippen LogP contribution in [-0.2, 0) is 23.0 Å². The van der Waals surface area contributed by atoms with Gasteiger partial charge < -0.3 is 4.90 Å². The third-order valence-electron chi connectivity index (χ3n) is 6.78. The number of sulfonamides is 1. The molecule has 3 aromatic carbocycles. The predicted molar refractivity (Wildman–Crippen MR) is 149 cm³/mol. The summed E-state index contributed by atoms with van der Waals surface area (Å²) in [6.07, 6.45) is 3.13. The van der Waals surface area contributed by atoms with Gasteiger partial charge in [-0.15, -0.1) is 0 Å². The molecule has 0 unspecified atom stereocenters. The van der Waals surface area contributed by atoms with Crippen LogP contribution in [0.3, 0.4) is 0 Å². The molecule has 5 rings (SSSR count). The van der Waals surface area contributed by atoms with Crippen molar-refractivity contribution in [3.63, 3.8) is 0 Å². The normalized spacial score (nSPS) is 14.0. The molecular formula is C29H31N5O3S. The van der Waals surface area contributed by atoms with Gasteiger partial charge in [0, 0.05) is 36.8 Å². The van der Waals surface area contributed by atoms with Crippen LogP contribution in [-0.4, -0.2) is 67.2 Å². The summed E-state index contributed by atoms with van der Waals surface area (Å²) in [5, 5.41) is 0.895. The molecular weight excluding hydrogens is 498 g/mol. The van der Waals surface area contributed by atoms with Crippen molar-refractivity contribution < 1.29 is 13.2 Å². The standard InChI is InChI=1S/C29H31N5O3S/c1-32(2)17-7-18-34(29-30-20-24-9-5-6-11-27(24)31-29)28(35)23-12-14-26(15-13-23)38(36,37)33-19-16-22-8-3-4-10-25(22)21-33/h3-6,8-15,20H,7,16-19,21H2,1-2H3. The van der Waals surface area contributed by atoms with Gasteiger partial charge in [-0.05, 0) is 74.9 Å². The van der Waals surface area contributed by atoms with Crippen LogP contribution in [0.4, 0.5) is 5.95 Å². The van der Waals surface area contributed by atoms with Crippen LogP contribution in [0.1, 0.15) is 27.9 Å². The van der Waals surface area contributed by atoms with Crippen LogP contribution in [0.25, 0.3) is 10.9 Å². The molecule has 196 valence electrons. The lowest BCUT2D eigenvalue weighted by Gasteiger charge is -2.28. The Labute approximate surface area is 223 Å². The zero-order valence-corrected chi connectivity index (χ0v) is 22.4. The number of amides is 1. The van der Waals surface area contributed by atoms with Gasteiger partial charge in [0.1, 0.15) is 0 Å². The van der Waals surface area contributed by atoms with Gasteiger partial charge in [-0.1, -0.05) is 42.5 Å². The van der Waals surface area contributed by atoms with Gasteiger partial charge in [-0.25, -0.2) is 18.4 Å². The van der Waals surface area contributed by atoms with E-state index in [0.29, 0.717) is 37.6 Å². The van der Waals surface area contributed by atoms with Crippen molar-refractivity contribution >= 4 is 32.8 Å². The summed E-state index contributed by atoms with van der Waals surface area (Å²) in [4.78, 5) is 26.5. The number of hydrogen-bond donors (Lipinski definition) is 0. The molecule has 0 radical (unpaired) electrons. The fraction of sp³-hybridized carbons (Fsp3) is 0.276. The number of para-hydroxylation sites is 1. The second kappa shape index (κ2) is 11.0. The average molecular weight is 530 g/mol. The minimum absolute atomic E-state index is 0.176. The first-order valence-electron chi connectivity index (χ1n) is 12.7. The molecule has 1 aliphatic heterocycles. The maximum absolute atomic E-state index is 13.6. The van der Waals surface area contributed by atoms with Crippen molar-refractivity contribution in [3.05, 3.63) is 95.7 Å². The minimum atomic E-state index is -3.69. The number of rotatable bonds is 8. The number of aromatic nitrogens is 2. The van der Waals surface area contributed by atoms with E-state index in [2.05, 4.69) is 14.9 Å². The van der Waals surface area contributed by atoms with Crippen LogP contribution in [0, 0.1) is 0 Å². The van der Waals surface area contributed by atoms with E-state index in [4.69, 9.17) is 0 Å². The van der Waals surface area contributed by atoms with E-state index in [9.17, 15) is 13.2 Å². The van der Waals surface area contributed by atoms with E-state index in [0.717, 1.165) is 29.4 Å². The highest BCUT2D eigenvalue weighted by atomic mass is 32.2. The molecule has 0 aliphatic carbocycles. The largest absolute Gasteiger partial charge is 0.309 e. The smallest absolute Gasteiger partial charge is 0.260 e. The maximum atomic E-state index is 13.6. The highest BCUT2D eigenvalue weighted by Crippen LogP contribution is 2.26. The quantitative estimate of drug-likeness (QED) is 0.343. The Bertz CT molecular complexity index is 1550. The first-order valence-corrected chi connectivity index (χ1v) is 14.1. The first-order chi connectivity index (χ1) is 18.3. The van der Waals surface area contributed by atoms with Crippen molar-refractivity contribution in [2.45, 2.75) is 24.3 Å². The van der Waals surface area contributed by atoms with Crippen LogP contribution in [0.5, 0.6) is 0 Å². The molecule has 0 bridgehead atoms. The summed E-state index contributed by atoms with van der Waals surface area (Å²) in [5.41, 5.74) is 3.35. The molecule has 2 heterocycles. The second-order valence-corrected chi connectivity index (χ2v) is 11.7. The molecule has 0 fully saturated rings. The molecule has 1 aliphatic rings. The molecule has 0 saturated heterocycles. The van der Waals surface area contributed by atoms with E-state index < -0.39 is 10.0 Å². The summed E-state index contributed by atoms with van der Waals surface area (Å²) >= 11 is 0. The third-order valence-corrected chi connectivity index (χ3v) is 8.64. The summed E-state index contributed by atoms with van der Waals surface area (Å²) in [6.45, 7) is 2.01. The van der Waals surface area contributed by atoms with Crippen LogP contribution < -0.4 is 4.90 Å². The van der Waals surface area contributed by atoms with Crippen molar-refractivity contribution in [1.29, 1.82) is 0 Å². The fourth-order valence-corrected chi connectivity index (χ4v) is 6.10. The lowest BCUT2D eigenvalue weighted by molar-refractivity contribution is 0.0984. The first kappa shape index (κ1) is 26.0. The van der Waals surface area contributed by atoms with Crippen LogP contribution in [0.15, 0.2) is 83.9 Å². The van der Waals surface area contributed by atoms with Crippen LogP contribution in [0.2, 0.25) is 0 Å². The maximum Gasteiger partial charge on any atom is 0.260 e. The number of hydrogen-bond acceptors (Lipinski definition) is 6. The van der Waals surface area contributed by atoms with Gasteiger partial charge >= 0.3 is 0 Å². The van der Waals surface area contributed by atoms with E-state index in [1.807, 2.05) is 62.6 Å². The number of benzene rings is 3. The monoisotopic (exact) mass is 529 g/mol. The summed E-state index contributed by atoms with van der Waals surface area (Å²) in [5.74, 6) is 0.0611. The molecule has 0 saturated carbocycles. The predicted octanol–water partition coefficient (Wildman–Crippen LogP) is 3.98. The van der Waals surface area contributed by atoms with Crippen molar-refractivity contribution in [2.75, 3.05) is 38.6 Å². The molecule has 1 amide bonds. The lowest BCUT2D eigenvalue weighted by atomic mass is 10.0. The number of nitrogens with zero attached hydrogens (tertiary/aromatic N) is 5. The summed E-state index contributed by atoms with van der Waals surface area (Å²) in [7, 11) is 0.280. The van der Waals surface area contributed by atoms with Gasteiger partial charge in [0.2, 0.25) is 16.0 Å². The van der Waals surface area contributed by atoms with Gasteiger partial charge in [0.05, 0.1) is 10.4 Å². The Balaban J connectivity index is 1.39. The second-order valence-electron chi connectivity index (χ2n) is 9.72. The third kappa shape index (κ3) is 5.45. The molecule has 0 spiro atoms. The number of fused-ring (bicyclic) bond motifs is 2. The Morgan fingerprint density at radius 2 is 1.63 bits per heavy atom. The van der Waals surface area contributed by atoms with Gasteiger partial charge in [0.15, 0.2) is 0 Å². The zero-order chi connectivity index (χ0) is 26.7. The Morgan fingerprint density at radius 1 is 0.921 bits per heavy atom. The lowest BCUT2D eigenvalue weighted by Crippen LogP contribution is -2.36. The van der Waals surface area contributed by atoms with E-state index in [1.54, 1.807) is 23.2 Å². The average Bonchev–Trinajstić information content (AvgIpc) is 2.94. The van der Waals surface area contributed by atoms with E-state index in [-0.39, 0.29) is 10.8 Å². The highest BCUT2D eigenvalue weighted by molar-refractivity contribution is 7.89. The van der Waals surface area contributed by atoms with E-state index >= 15 is 0 Å². The molecule has 9 heteroatoms. The summed E-state index contributed by atoms with van der Waals surface area (Å²) < 4.78 is 28.2. The Kier molecular flexibility index (Phi) is 7.51. The molecule has 0 atom stereocenters. The zero-order valence-electron chi connectivity index (χ0n) is 21.6. The number of anilines is 1.